The molecule has 0 spiro atoms. The SMILES string of the molecule is FC(F)(F)c1ccccc1C#CCCNc1ncnc2ccc(Cl)cc12. The van der Waals surface area contributed by atoms with Gasteiger partial charge in [-0.2, -0.15) is 13.2 Å². The van der Waals surface area contributed by atoms with E-state index in [-0.39, 0.29) is 5.56 Å². The van der Waals surface area contributed by atoms with Crippen LogP contribution in [-0.2, 0) is 6.18 Å². The summed E-state index contributed by atoms with van der Waals surface area (Å²) in [4.78, 5) is 8.33. The molecule has 0 amide bonds. The molecule has 7 heteroatoms. The van der Waals surface area contributed by atoms with E-state index in [0.29, 0.717) is 23.8 Å². The van der Waals surface area contributed by atoms with E-state index in [1.54, 1.807) is 18.2 Å². The molecule has 26 heavy (non-hydrogen) atoms. The maximum Gasteiger partial charge on any atom is 0.417 e. The number of nitrogens with zero attached hydrogens (tertiary/aromatic N) is 2. The highest BCUT2D eigenvalue weighted by Gasteiger charge is 2.32. The van der Waals surface area contributed by atoms with Crippen molar-refractivity contribution in [1.29, 1.82) is 0 Å². The minimum atomic E-state index is -4.41. The number of halogens is 4. The zero-order chi connectivity index (χ0) is 18.6. The highest BCUT2D eigenvalue weighted by atomic mass is 35.5. The summed E-state index contributed by atoms with van der Waals surface area (Å²) >= 11 is 6.00. The Bertz CT molecular complexity index is 990. The molecule has 0 fully saturated rings. The normalized spacial score (nSPS) is 11.1. The van der Waals surface area contributed by atoms with Gasteiger partial charge in [0.1, 0.15) is 12.1 Å². The molecular formula is C19H13ClF3N3. The Balaban J connectivity index is 1.68. The van der Waals surface area contributed by atoms with E-state index in [2.05, 4.69) is 27.1 Å². The van der Waals surface area contributed by atoms with Crippen molar-refractivity contribution < 1.29 is 13.2 Å². The predicted molar refractivity (Wildman–Crippen MR) is 96.0 cm³/mol. The fourth-order valence-electron chi connectivity index (χ4n) is 2.41. The summed E-state index contributed by atoms with van der Waals surface area (Å²) in [7, 11) is 0. The van der Waals surface area contributed by atoms with Gasteiger partial charge >= 0.3 is 6.18 Å². The van der Waals surface area contributed by atoms with Gasteiger partial charge in [-0.3, -0.25) is 0 Å². The predicted octanol–water partition coefficient (Wildman–Crippen LogP) is 5.16. The van der Waals surface area contributed by atoms with Crippen LogP contribution in [0.5, 0.6) is 0 Å². The number of benzene rings is 2. The van der Waals surface area contributed by atoms with Gasteiger partial charge < -0.3 is 5.32 Å². The molecule has 0 aliphatic heterocycles. The number of anilines is 1. The molecule has 0 atom stereocenters. The molecule has 0 bridgehead atoms. The van der Waals surface area contributed by atoms with Crippen LogP contribution in [0.15, 0.2) is 48.8 Å². The summed E-state index contributed by atoms with van der Waals surface area (Å²) in [5, 5.41) is 4.45. The van der Waals surface area contributed by atoms with E-state index in [0.717, 1.165) is 17.0 Å². The Kier molecular flexibility index (Phi) is 5.29. The number of alkyl halides is 3. The summed E-state index contributed by atoms with van der Waals surface area (Å²) in [6, 6.07) is 10.6. The summed E-state index contributed by atoms with van der Waals surface area (Å²) < 4.78 is 38.8. The third-order valence-corrected chi connectivity index (χ3v) is 3.83. The molecule has 3 aromatic rings. The van der Waals surface area contributed by atoms with Crippen molar-refractivity contribution in [3.63, 3.8) is 0 Å². The van der Waals surface area contributed by atoms with Crippen LogP contribution in [0.2, 0.25) is 5.02 Å². The summed E-state index contributed by atoms with van der Waals surface area (Å²) in [5.41, 5.74) is -0.00625. The van der Waals surface area contributed by atoms with E-state index in [9.17, 15) is 13.2 Å². The molecule has 0 aliphatic carbocycles. The first-order valence-electron chi connectivity index (χ1n) is 7.74. The Morgan fingerprint density at radius 2 is 1.88 bits per heavy atom. The first-order chi connectivity index (χ1) is 12.4. The smallest absolute Gasteiger partial charge is 0.368 e. The van der Waals surface area contributed by atoms with Crippen LogP contribution in [0.25, 0.3) is 10.9 Å². The quantitative estimate of drug-likeness (QED) is 0.508. The average Bonchev–Trinajstić information content (AvgIpc) is 2.61. The standard InChI is InChI=1S/C19H13ClF3N3/c20-14-8-9-17-15(11-14)18(26-12-25-17)24-10-4-3-6-13-5-1-2-7-16(13)19(21,22)23/h1-2,5,7-9,11-12H,4,10H2,(H,24,25,26). The second kappa shape index (κ2) is 7.63. The van der Waals surface area contributed by atoms with Crippen LogP contribution >= 0.6 is 11.6 Å². The molecule has 3 nitrogen and oxygen atoms in total. The highest BCUT2D eigenvalue weighted by Crippen LogP contribution is 2.31. The average molecular weight is 376 g/mol. The number of hydrogen-bond donors (Lipinski definition) is 1. The molecule has 132 valence electrons. The van der Waals surface area contributed by atoms with Crippen molar-refractivity contribution in [3.8, 4) is 11.8 Å². The van der Waals surface area contributed by atoms with Gasteiger partial charge in [-0.15, -0.1) is 0 Å². The number of hydrogen-bond acceptors (Lipinski definition) is 3. The Hall–Kier alpha value is -2.78. The van der Waals surface area contributed by atoms with E-state index in [4.69, 9.17) is 11.6 Å². The molecule has 0 unspecified atom stereocenters. The van der Waals surface area contributed by atoms with Gasteiger partial charge in [0.15, 0.2) is 0 Å². The first-order valence-corrected chi connectivity index (χ1v) is 8.12. The van der Waals surface area contributed by atoms with Gasteiger partial charge in [0.25, 0.3) is 0 Å². The molecule has 3 rings (SSSR count). The molecule has 1 aromatic heterocycles. The lowest BCUT2D eigenvalue weighted by molar-refractivity contribution is -0.137. The third kappa shape index (κ3) is 4.24. The third-order valence-electron chi connectivity index (χ3n) is 3.60. The number of nitrogens with one attached hydrogen (secondary N) is 1. The van der Waals surface area contributed by atoms with E-state index >= 15 is 0 Å². The number of rotatable bonds is 3. The molecule has 0 radical (unpaired) electrons. The Morgan fingerprint density at radius 1 is 1.08 bits per heavy atom. The fraction of sp³-hybridized carbons (Fsp3) is 0.158. The van der Waals surface area contributed by atoms with Crippen LogP contribution in [0.4, 0.5) is 19.0 Å². The number of aromatic nitrogens is 2. The Labute approximate surface area is 153 Å². The maximum atomic E-state index is 12.9. The topological polar surface area (TPSA) is 37.8 Å². The van der Waals surface area contributed by atoms with Gasteiger partial charge in [-0.25, -0.2) is 9.97 Å². The van der Waals surface area contributed by atoms with Crippen LogP contribution in [0.1, 0.15) is 17.5 Å². The van der Waals surface area contributed by atoms with Gasteiger partial charge in [0, 0.05) is 28.9 Å². The van der Waals surface area contributed by atoms with Crippen LogP contribution in [0, 0.1) is 11.8 Å². The van der Waals surface area contributed by atoms with Gasteiger partial charge in [-0.1, -0.05) is 35.6 Å². The summed E-state index contributed by atoms with van der Waals surface area (Å²) in [6.45, 7) is 0.430. The molecule has 0 saturated heterocycles. The molecule has 2 aromatic carbocycles. The van der Waals surface area contributed by atoms with Crippen molar-refractivity contribution in [2.24, 2.45) is 0 Å². The summed E-state index contributed by atoms with van der Waals surface area (Å²) in [5.74, 6) is 5.96. The largest absolute Gasteiger partial charge is 0.417 e. The van der Waals surface area contributed by atoms with Crippen molar-refractivity contribution in [2.75, 3.05) is 11.9 Å². The van der Waals surface area contributed by atoms with Crippen LogP contribution < -0.4 is 5.32 Å². The first kappa shape index (κ1) is 18.0. The molecule has 1 N–H and O–H groups in total. The summed E-state index contributed by atoms with van der Waals surface area (Å²) in [6.07, 6.45) is -2.62. The lowest BCUT2D eigenvalue weighted by Gasteiger charge is -2.08. The second-order valence-electron chi connectivity index (χ2n) is 5.41. The van der Waals surface area contributed by atoms with Crippen molar-refractivity contribution in [3.05, 3.63) is 64.9 Å². The second-order valence-corrected chi connectivity index (χ2v) is 5.84. The molecular weight excluding hydrogens is 363 g/mol. The fourth-order valence-corrected chi connectivity index (χ4v) is 2.58. The van der Waals surface area contributed by atoms with E-state index in [1.807, 2.05) is 0 Å². The van der Waals surface area contributed by atoms with Crippen molar-refractivity contribution in [1.82, 2.24) is 9.97 Å². The lowest BCUT2D eigenvalue weighted by atomic mass is 10.1. The molecule has 0 aliphatic rings. The van der Waals surface area contributed by atoms with Crippen LogP contribution in [0.3, 0.4) is 0 Å². The van der Waals surface area contributed by atoms with Gasteiger partial charge in [0.2, 0.25) is 0 Å². The maximum absolute atomic E-state index is 12.9. The monoisotopic (exact) mass is 375 g/mol. The van der Waals surface area contributed by atoms with E-state index < -0.39 is 11.7 Å². The Morgan fingerprint density at radius 3 is 2.69 bits per heavy atom. The van der Waals surface area contributed by atoms with Crippen molar-refractivity contribution >= 4 is 28.3 Å². The highest BCUT2D eigenvalue weighted by molar-refractivity contribution is 6.31. The van der Waals surface area contributed by atoms with Crippen molar-refractivity contribution in [2.45, 2.75) is 12.6 Å². The zero-order valence-corrected chi connectivity index (χ0v) is 14.2. The lowest BCUT2D eigenvalue weighted by Crippen LogP contribution is -2.07. The molecule has 0 saturated carbocycles. The minimum absolute atomic E-state index is 0.0285. The minimum Gasteiger partial charge on any atom is -0.368 e. The van der Waals surface area contributed by atoms with Crippen LogP contribution in [-0.4, -0.2) is 16.5 Å². The van der Waals surface area contributed by atoms with Gasteiger partial charge in [-0.05, 0) is 30.3 Å². The zero-order valence-electron chi connectivity index (χ0n) is 13.4. The van der Waals surface area contributed by atoms with E-state index in [1.165, 1.54) is 24.5 Å². The molecule has 1 heterocycles. The van der Waals surface area contributed by atoms with Gasteiger partial charge in [0.05, 0.1) is 11.1 Å². The number of fused-ring (bicyclic) bond motifs is 1.